The van der Waals surface area contributed by atoms with E-state index in [4.69, 9.17) is 10.4 Å². The van der Waals surface area contributed by atoms with Gasteiger partial charge in [0.1, 0.15) is 23.7 Å². The van der Waals surface area contributed by atoms with Crippen molar-refractivity contribution in [3.63, 3.8) is 0 Å². The van der Waals surface area contributed by atoms with Crippen LogP contribution in [-0.2, 0) is 10.0 Å². The van der Waals surface area contributed by atoms with E-state index in [0.717, 1.165) is 0 Å². The zero-order chi connectivity index (χ0) is 27.7. The molecule has 11 nitrogen and oxygen atoms in total. The number of hydrogen-bond acceptors (Lipinski definition) is 8. The molecule has 1 amide bonds. The molecule has 4 aromatic rings. The number of alkyl halides is 1. The Hall–Kier alpha value is -4.38. The Morgan fingerprint density at radius 3 is 2.68 bits per heavy atom. The van der Waals surface area contributed by atoms with E-state index in [2.05, 4.69) is 20.6 Å². The predicted molar refractivity (Wildman–Crippen MR) is 138 cm³/mol. The molecule has 0 bridgehead atoms. The van der Waals surface area contributed by atoms with Crippen LogP contribution >= 0.6 is 0 Å². The van der Waals surface area contributed by atoms with Gasteiger partial charge in [-0.2, -0.15) is 5.26 Å². The van der Waals surface area contributed by atoms with Gasteiger partial charge in [0, 0.05) is 35.7 Å². The number of carbonyl (C=O) groups excluding carboxylic acids is 1. The molecule has 0 aliphatic heterocycles. The molecule has 5 N–H and O–H groups in total. The first-order valence-electron chi connectivity index (χ1n) is 11.3. The van der Waals surface area contributed by atoms with E-state index in [1.54, 1.807) is 35.0 Å². The lowest BCUT2D eigenvalue weighted by Gasteiger charge is -2.22. The Balaban J connectivity index is 1.75. The van der Waals surface area contributed by atoms with Crippen molar-refractivity contribution in [2.75, 3.05) is 11.9 Å². The SMILES string of the molecule is CC(C)(O)[C@H](F)CNC(=O)c1cnc(-n2ccc3cc(C#N)cnc32)cc1Nc1cccc(S(N)(=O)=O)c1. The Kier molecular flexibility index (Phi) is 7.14. The number of sulfonamides is 1. The number of fused-ring (bicyclic) bond motifs is 1. The summed E-state index contributed by atoms with van der Waals surface area (Å²) in [4.78, 5) is 21.5. The van der Waals surface area contributed by atoms with Gasteiger partial charge in [-0.1, -0.05) is 6.07 Å². The van der Waals surface area contributed by atoms with E-state index < -0.39 is 34.2 Å². The Labute approximate surface area is 217 Å². The molecule has 1 atom stereocenters. The number of nitriles is 1. The molecule has 0 radical (unpaired) electrons. The monoisotopic (exact) mass is 537 g/mol. The molecule has 0 saturated heterocycles. The van der Waals surface area contributed by atoms with Gasteiger partial charge in [0.25, 0.3) is 5.91 Å². The fourth-order valence-electron chi connectivity index (χ4n) is 3.56. The maximum Gasteiger partial charge on any atom is 0.255 e. The summed E-state index contributed by atoms with van der Waals surface area (Å²) >= 11 is 0. The number of nitrogens with two attached hydrogens (primary N) is 1. The highest BCUT2D eigenvalue weighted by Gasteiger charge is 2.27. The van der Waals surface area contributed by atoms with Gasteiger partial charge in [0.05, 0.1) is 33.9 Å². The van der Waals surface area contributed by atoms with Crippen molar-refractivity contribution in [3.8, 4) is 11.9 Å². The minimum absolute atomic E-state index is 0.0360. The number of halogens is 1. The summed E-state index contributed by atoms with van der Waals surface area (Å²) < 4.78 is 39.5. The molecule has 38 heavy (non-hydrogen) atoms. The van der Waals surface area contributed by atoms with Crippen molar-refractivity contribution in [1.29, 1.82) is 5.26 Å². The summed E-state index contributed by atoms with van der Waals surface area (Å²) in [5.41, 5.74) is -0.164. The number of pyridine rings is 2. The minimum Gasteiger partial charge on any atom is -0.387 e. The second kappa shape index (κ2) is 10.2. The van der Waals surface area contributed by atoms with Gasteiger partial charge in [-0.05, 0) is 44.2 Å². The zero-order valence-corrected chi connectivity index (χ0v) is 21.2. The normalized spacial score (nSPS) is 12.6. The average Bonchev–Trinajstić information content (AvgIpc) is 3.29. The molecule has 0 aliphatic rings. The number of anilines is 2. The molecule has 196 valence electrons. The van der Waals surface area contributed by atoms with Gasteiger partial charge in [-0.3, -0.25) is 9.36 Å². The van der Waals surface area contributed by atoms with Crippen molar-refractivity contribution < 1.29 is 22.7 Å². The van der Waals surface area contributed by atoms with E-state index in [9.17, 15) is 22.7 Å². The Morgan fingerprint density at radius 2 is 2.00 bits per heavy atom. The number of aromatic nitrogens is 3. The number of carbonyl (C=O) groups is 1. The van der Waals surface area contributed by atoms with Crippen LogP contribution in [0.5, 0.6) is 0 Å². The molecule has 0 saturated carbocycles. The van der Waals surface area contributed by atoms with Crippen molar-refractivity contribution in [2.45, 2.75) is 30.5 Å². The molecule has 3 aromatic heterocycles. The largest absolute Gasteiger partial charge is 0.387 e. The summed E-state index contributed by atoms with van der Waals surface area (Å²) in [5.74, 6) is -0.311. The molecular formula is C25H24FN7O4S. The predicted octanol–water partition coefficient (Wildman–Crippen LogP) is 2.52. The van der Waals surface area contributed by atoms with Crippen LogP contribution in [0.4, 0.5) is 15.8 Å². The highest BCUT2D eigenvalue weighted by molar-refractivity contribution is 7.89. The average molecular weight is 538 g/mol. The fourth-order valence-corrected chi connectivity index (χ4v) is 4.12. The number of aliphatic hydroxyl groups is 1. The van der Waals surface area contributed by atoms with Crippen LogP contribution < -0.4 is 15.8 Å². The summed E-state index contributed by atoms with van der Waals surface area (Å²) in [5, 5.41) is 30.4. The first-order chi connectivity index (χ1) is 17.9. The maximum absolute atomic E-state index is 14.2. The molecule has 3 heterocycles. The topological polar surface area (TPSA) is 176 Å². The van der Waals surface area contributed by atoms with Gasteiger partial charge >= 0.3 is 0 Å². The van der Waals surface area contributed by atoms with Gasteiger partial charge in [-0.15, -0.1) is 0 Å². The van der Waals surface area contributed by atoms with Crippen molar-refractivity contribution in [1.82, 2.24) is 19.9 Å². The van der Waals surface area contributed by atoms with Crippen LogP contribution in [0.25, 0.3) is 16.9 Å². The minimum atomic E-state index is -3.98. The standard InChI is InChI=1S/C25H24FN7O4S/c1-25(2,35)21(26)14-31-24(34)19-13-29-22(33-7-6-16-8-15(11-27)12-30-23(16)33)10-20(19)32-17-4-3-5-18(9-17)38(28,36)37/h3-10,12-13,21,35H,14H2,1-2H3,(H,29,32)(H,31,34)(H2,28,36,37)/t21-/m1/s1. The van der Waals surface area contributed by atoms with Crippen LogP contribution in [0, 0.1) is 11.3 Å². The molecule has 1 aromatic carbocycles. The number of benzene rings is 1. The molecule has 13 heteroatoms. The molecular weight excluding hydrogens is 513 g/mol. The van der Waals surface area contributed by atoms with Crippen LogP contribution in [0.2, 0.25) is 0 Å². The van der Waals surface area contributed by atoms with E-state index in [0.29, 0.717) is 28.1 Å². The summed E-state index contributed by atoms with van der Waals surface area (Å²) in [7, 11) is -3.98. The highest BCUT2D eigenvalue weighted by atomic mass is 32.2. The maximum atomic E-state index is 14.2. The van der Waals surface area contributed by atoms with Crippen molar-refractivity contribution in [3.05, 3.63) is 72.2 Å². The van der Waals surface area contributed by atoms with E-state index in [1.807, 2.05) is 6.07 Å². The van der Waals surface area contributed by atoms with Crippen molar-refractivity contribution in [2.24, 2.45) is 5.14 Å². The van der Waals surface area contributed by atoms with Crippen LogP contribution in [0.3, 0.4) is 0 Å². The van der Waals surface area contributed by atoms with Gasteiger partial charge < -0.3 is 15.7 Å². The lowest BCUT2D eigenvalue weighted by Crippen LogP contribution is -2.42. The van der Waals surface area contributed by atoms with Gasteiger partial charge in [0.15, 0.2) is 0 Å². The lowest BCUT2D eigenvalue weighted by atomic mass is 10.0. The smallest absolute Gasteiger partial charge is 0.255 e. The van der Waals surface area contributed by atoms with E-state index >= 15 is 0 Å². The Bertz CT molecular complexity index is 1670. The number of primary sulfonamides is 1. The fraction of sp³-hybridized carbons (Fsp3) is 0.200. The molecule has 0 unspecified atom stereocenters. The third kappa shape index (κ3) is 5.78. The number of nitrogens with zero attached hydrogens (tertiary/aromatic N) is 4. The highest BCUT2D eigenvalue weighted by Crippen LogP contribution is 2.26. The molecule has 0 aliphatic carbocycles. The zero-order valence-electron chi connectivity index (χ0n) is 20.4. The molecule has 0 fully saturated rings. The van der Waals surface area contributed by atoms with Gasteiger partial charge in [0.2, 0.25) is 10.0 Å². The first-order valence-corrected chi connectivity index (χ1v) is 12.8. The van der Waals surface area contributed by atoms with E-state index in [1.165, 1.54) is 44.4 Å². The van der Waals surface area contributed by atoms with Crippen LogP contribution in [0.1, 0.15) is 29.8 Å². The van der Waals surface area contributed by atoms with Crippen LogP contribution in [-0.4, -0.2) is 52.3 Å². The van der Waals surface area contributed by atoms with Crippen LogP contribution in [0.15, 0.2) is 66.0 Å². The number of amides is 1. The number of rotatable bonds is 8. The summed E-state index contributed by atoms with van der Waals surface area (Å²) in [6.45, 7) is 2.14. The van der Waals surface area contributed by atoms with Crippen molar-refractivity contribution >= 4 is 38.3 Å². The first kappa shape index (κ1) is 26.7. The van der Waals surface area contributed by atoms with Gasteiger partial charge in [-0.25, -0.2) is 27.9 Å². The third-order valence-electron chi connectivity index (χ3n) is 5.69. The number of nitrogens with one attached hydrogen (secondary N) is 2. The quantitative estimate of drug-likeness (QED) is 0.265. The third-order valence-corrected chi connectivity index (χ3v) is 6.60. The Morgan fingerprint density at radius 1 is 1.24 bits per heavy atom. The second-order valence-corrected chi connectivity index (χ2v) is 10.6. The van der Waals surface area contributed by atoms with E-state index in [-0.39, 0.29) is 16.1 Å². The number of hydrogen-bond donors (Lipinski definition) is 4. The lowest BCUT2D eigenvalue weighted by molar-refractivity contribution is -0.00177. The second-order valence-electron chi connectivity index (χ2n) is 9.05. The molecule has 4 rings (SSSR count). The summed E-state index contributed by atoms with van der Waals surface area (Å²) in [6, 6.07) is 12.7. The molecule has 0 spiro atoms. The summed E-state index contributed by atoms with van der Waals surface area (Å²) in [6.07, 6.45) is 2.68.